The van der Waals surface area contributed by atoms with E-state index in [9.17, 15) is 4.79 Å². The van der Waals surface area contributed by atoms with Gasteiger partial charge in [-0.05, 0) is 12.1 Å². The molecule has 0 unspecified atom stereocenters. The van der Waals surface area contributed by atoms with Gasteiger partial charge in [0.2, 0.25) is 0 Å². The Kier molecular flexibility index (Phi) is 3.79. The van der Waals surface area contributed by atoms with E-state index in [4.69, 9.17) is 0 Å². The molecule has 1 amide bonds. The van der Waals surface area contributed by atoms with Gasteiger partial charge in [0.05, 0.1) is 12.1 Å². The van der Waals surface area contributed by atoms with Crippen LogP contribution >= 0.6 is 0 Å². The summed E-state index contributed by atoms with van der Waals surface area (Å²) >= 11 is 0. The molecule has 2 aromatic heterocycles. The minimum Gasteiger partial charge on any atom is -0.373 e. The number of imidazole rings is 1. The molecule has 0 aliphatic carbocycles. The van der Waals surface area contributed by atoms with Crippen molar-refractivity contribution in [3.8, 4) is 0 Å². The highest BCUT2D eigenvalue weighted by atomic mass is 16.2. The number of nitrogens with one attached hydrogen (secondary N) is 1. The zero-order valence-corrected chi connectivity index (χ0v) is 11.3. The van der Waals surface area contributed by atoms with Crippen molar-refractivity contribution in [3.05, 3.63) is 42.1 Å². The summed E-state index contributed by atoms with van der Waals surface area (Å²) in [6, 6.07) is 3.54. The van der Waals surface area contributed by atoms with Crippen molar-refractivity contribution in [1.82, 2.24) is 19.4 Å². The number of rotatable bonds is 4. The van der Waals surface area contributed by atoms with E-state index < -0.39 is 0 Å². The van der Waals surface area contributed by atoms with Gasteiger partial charge in [0.15, 0.2) is 0 Å². The Hall–Kier alpha value is -2.37. The van der Waals surface area contributed by atoms with Gasteiger partial charge in [0.25, 0.3) is 5.91 Å². The summed E-state index contributed by atoms with van der Waals surface area (Å²) in [6.07, 6.45) is 5.15. The summed E-state index contributed by atoms with van der Waals surface area (Å²) < 4.78 is 1.89. The van der Waals surface area contributed by atoms with Crippen molar-refractivity contribution in [2.45, 2.75) is 6.54 Å². The van der Waals surface area contributed by atoms with Gasteiger partial charge in [-0.2, -0.15) is 0 Å². The third kappa shape index (κ3) is 2.90. The monoisotopic (exact) mass is 259 g/mol. The van der Waals surface area contributed by atoms with Crippen LogP contribution in [0.25, 0.3) is 0 Å². The summed E-state index contributed by atoms with van der Waals surface area (Å²) in [5.41, 5.74) is 0.565. The van der Waals surface area contributed by atoms with E-state index in [1.807, 2.05) is 17.8 Å². The standard InChI is InChI=1S/C13H17N5O/c1-14-11-5-4-10(8-16-11)13(19)18(3)9-12-15-6-7-17(12)2/h4-8H,9H2,1-3H3,(H,14,16). The van der Waals surface area contributed by atoms with E-state index in [0.717, 1.165) is 11.6 Å². The Morgan fingerprint density at radius 3 is 2.74 bits per heavy atom. The fourth-order valence-corrected chi connectivity index (χ4v) is 1.72. The number of nitrogens with zero attached hydrogens (tertiary/aromatic N) is 4. The normalized spacial score (nSPS) is 10.3. The molecule has 0 spiro atoms. The van der Waals surface area contributed by atoms with E-state index >= 15 is 0 Å². The van der Waals surface area contributed by atoms with Crippen LogP contribution in [0.5, 0.6) is 0 Å². The summed E-state index contributed by atoms with van der Waals surface area (Å²) in [7, 11) is 5.45. The van der Waals surface area contributed by atoms with Crippen molar-refractivity contribution in [3.63, 3.8) is 0 Å². The van der Waals surface area contributed by atoms with E-state index in [2.05, 4.69) is 15.3 Å². The van der Waals surface area contributed by atoms with E-state index in [1.165, 1.54) is 0 Å². The lowest BCUT2D eigenvalue weighted by molar-refractivity contribution is 0.0780. The molecule has 0 fully saturated rings. The molecule has 0 atom stereocenters. The van der Waals surface area contributed by atoms with Crippen molar-refractivity contribution in [1.29, 1.82) is 0 Å². The fourth-order valence-electron chi connectivity index (χ4n) is 1.72. The molecule has 2 aromatic rings. The van der Waals surface area contributed by atoms with Gasteiger partial charge in [0.1, 0.15) is 11.6 Å². The average Bonchev–Trinajstić information content (AvgIpc) is 2.83. The van der Waals surface area contributed by atoms with Crippen molar-refractivity contribution in [2.75, 3.05) is 19.4 Å². The molecule has 0 bridgehead atoms. The van der Waals surface area contributed by atoms with Gasteiger partial charge in [0, 0.05) is 39.7 Å². The molecule has 6 nitrogen and oxygen atoms in total. The first-order valence-electron chi connectivity index (χ1n) is 5.97. The molecule has 0 aliphatic heterocycles. The quantitative estimate of drug-likeness (QED) is 0.894. The van der Waals surface area contributed by atoms with Crippen LogP contribution in [0.15, 0.2) is 30.7 Å². The third-order valence-corrected chi connectivity index (χ3v) is 2.91. The van der Waals surface area contributed by atoms with Crippen LogP contribution in [-0.2, 0) is 13.6 Å². The fraction of sp³-hybridized carbons (Fsp3) is 0.308. The Morgan fingerprint density at radius 2 is 2.21 bits per heavy atom. The molecule has 0 radical (unpaired) electrons. The van der Waals surface area contributed by atoms with E-state index in [-0.39, 0.29) is 5.91 Å². The number of pyridine rings is 1. The number of carbonyl (C=O) groups is 1. The number of hydrogen-bond donors (Lipinski definition) is 1. The molecule has 1 N–H and O–H groups in total. The highest BCUT2D eigenvalue weighted by Crippen LogP contribution is 2.08. The van der Waals surface area contributed by atoms with Crippen LogP contribution in [0.1, 0.15) is 16.2 Å². The van der Waals surface area contributed by atoms with Gasteiger partial charge >= 0.3 is 0 Å². The first kappa shape index (κ1) is 13.1. The molecule has 0 aliphatic rings. The molecular weight excluding hydrogens is 242 g/mol. The van der Waals surface area contributed by atoms with Crippen LogP contribution in [0.2, 0.25) is 0 Å². The van der Waals surface area contributed by atoms with Gasteiger partial charge in [-0.1, -0.05) is 0 Å². The molecule has 0 aromatic carbocycles. The van der Waals surface area contributed by atoms with Gasteiger partial charge in [-0.3, -0.25) is 4.79 Å². The first-order valence-corrected chi connectivity index (χ1v) is 5.97. The first-order chi connectivity index (χ1) is 9.11. The Labute approximate surface area is 112 Å². The van der Waals surface area contributed by atoms with Crippen LogP contribution in [-0.4, -0.2) is 39.4 Å². The SMILES string of the molecule is CNc1ccc(C(=O)N(C)Cc2nccn2C)cn1. The maximum Gasteiger partial charge on any atom is 0.255 e. The van der Waals surface area contributed by atoms with Gasteiger partial charge in [-0.15, -0.1) is 0 Å². The highest BCUT2D eigenvalue weighted by Gasteiger charge is 2.14. The molecule has 19 heavy (non-hydrogen) atoms. The molecule has 2 heterocycles. The average molecular weight is 259 g/mol. The topological polar surface area (TPSA) is 63.1 Å². The Bertz CT molecular complexity index is 561. The molecule has 0 saturated carbocycles. The molecule has 0 saturated heterocycles. The smallest absolute Gasteiger partial charge is 0.255 e. The molecule has 100 valence electrons. The molecule has 2 rings (SSSR count). The lowest BCUT2D eigenvalue weighted by atomic mass is 10.2. The van der Waals surface area contributed by atoms with Crippen molar-refractivity contribution >= 4 is 11.7 Å². The molecular formula is C13H17N5O. The largest absolute Gasteiger partial charge is 0.373 e. The number of hydrogen-bond acceptors (Lipinski definition) is 4. The second-order valence-corrected chi connectivity index (χ2v) is 4.30. The number of carbonyl (C=O) groups excluding carboxylic acids is 1. The van der Waals surface area contributed by atoms with Crippen LogP contribution in [0.4, 0.5) is 5.82 Å². The van der Waals surface area contributed by atoms with Crippen molar-refractivity contribution < 1.29 is 4.79 Å². The Balaban J connectivity index is 2.08. The second kappa shape index (κ2) is 5.51. The highest BCUT2D eigenvalue weighted by molar-refractivity contribution is 5.93. The zero-order chi connectivity index (χ0) is 13.8. The van der Waals surface area contributed by atoms with E-state index in [1.54, 1.807) is 43.5 Å². The van der Waals surface area contributed by atoms with Crippen LogP contribution in [0, 0.1) is 0 Å². The lowest BCUT2D eigenvalue weighted by Gasteiger charge is -2.16. The Morgan fingerprint density at radius 1 is 1.42 bits per heavy atom. The molecule has 6 heteroatoms. The summed E-state index contributed by atoms with van der Waals surface area (Å²) in [4.78, 5) is 22.2. The third-order valence-electron chi connectivity index (χ3n) is 2.91. The minimum absolute atomic E-state index is 0.0712. The van der Waals surface area contributed by atoms with Crippen LogP contribution < -0.4 is 5.32 Å². The second-order valence-electron chi connectivity index (χ2n) is 4.30. The summed E-state index contributed by atoms with van der Waals surface area (Å²) in [5, 5.41) is 2.92. The van der Waals surface area contributed by atoms with Crippen molar-refractivity contribution in [2.24, 2.45) is 7.05 Å². The lowest BCUT2D eigenvalue weighted by Crippen LogP contribution is -2.27. The maximum atomic E-state index is 12.2. The number of anilines is 1. The number of aromatic nitrogens is 3. The number of aryl methyl sites for hydroxylation is 1. The number of amides is 1. The van der Waals surface area contributed by atoms with Crippen LogP contribution in [0.3, 0.4) is 0 Å². The predicted molar refractivity (Wildman–Crippen MR) is 72.8 cm³/mol. The van der Waals surface area contributed by atoms with Gasteiger partial charge < -0.3 is 14.8 Å². The summed E-state index contributed by atoms with van der Waals surface area (Å²) in [5.74, 6) is 1.51. The van der Waals surface area contributed by atoms with Gasteiger partial charge in [-0.25, -0.2) is 9.97 Å². The maximum absolute atomic E-state index is 12.2. The summed E-state index contributed by atoms with van der Waals surface area (Å²) in [6.45, 7) is 0.468. The minimum atomic E-state index is -0.0712. The predicted octanol–water partition coefficient (Wildman–Crippen LogP) is 1.13. The van der Waals surface area contributed by atoms with E-state index in [0.29, 0.717) is 12.1 Å². The zero-order valence-electron chi connectivity index (χ0n) is 11.3.